The van der Waals surface area contributed by atoms with E-state index < -0.39 is 0 Å². The monoisotopic (exact) mass is 529 g/mol. The number of carbonyl (C=O) groups is 1. The van der Waals surface area contributed by atoms with Crippen LogP contribution in [0.3, 0.4) is 0 Å². The third kappa shape index (κ3) is 5.72. The molecule has 4 rings (SSSR count). The maximum atomic E-state index is 12.2. The van der Waals surface area contributed by atoms with Crippen LogP contribution in [0.5, 0.6) is 0 Å². The third-order valence-corrected chi connectivity index (χ3v) is 9.06. The van der Waals surface area contributed by atoms with Gasteiger partial charge in [-0.2, -0.15) is 0 Å². The number of fused-ring (bicyclic) bond motifs is 2. The number of unbranched alkanes of at least 4 members (excludes halogenated alkanes) is 1. The summed E-state index contributed by atoms with van der Waals surface area (Å²) in [6.07, 6.45) is 11.1. The Labute approximate surface area is 236 Å². The molecular formula is C35H49N2O2+. The molecule has 0 spiro atoms. The zero-order chi connectivity index (χ0) is 28.2. The Kier molecular flexibility index (Phi) is 9.06. The number of hydrogen-bond acceptors (Lipinski definition) is 3. The van der Waals surface area contributed by atoms with Gasteiger partial charge in [0.2, 0.25) is 0 Å². The van der Waals surface area contributed by atoms with Gasteiger partial charge in [0.1, 0.15) is 11.7 Å². The van der Waals surface area contributed by atoms with Crippen molar-refractivity contribution in [3.05, 3.63) is 83.6 Å². The first-order valence-corrected chi connectivity index (χ1v) is 15.0. The summed E-state index contributed by atoms with van der Waals surface area (Å²) in [6.45, 7) is 18.1. The van der Waals surface area contributed by atoms with Crippen molar-refractivity contribution < 1.29 is 14.4 Å². The van der Waals surface area contributed by atoms with Crippen LogP contribution in [0.4, 0.5) is 11.4 Å². The van der Waals surface area contributed by atoms with E-state index in [1.807, 2.05) is 13.8 Å². The van der Waals surface area contributed by atoms with Crippen molar-refractivity contribution in [2.75, 3.05) is 24.6 Å². The van der Waals surface area contributed by atoms with Crippen molar-refractivity contribution >= 4 is 17.3 Å². The van der Waals surface area contributed by atoms with Crippen molar-refractivity contribution in [1.29, 1.82) is 0 Å². The molecule has 0 aliphatic carbocycles. The lowest BCUT2D eigenvalue weighted by atomic mass is 9.80. The fourth-order valence-corrected chi connectivity index (χ4v) is 6.44. The number of carbonyl (C=O) groups excluding carboxylic acids is 1. The number of anilines is 1. The second kappa shape index (κ2) is 12.1. The minimum atomic E-state index is -0.0782. The van der Waals surface area contributed by atoms with Crippen molar-refractivity contribution in [3.8, 4) is 0 Å². The van der Waals surface area contributed by atoms with Gasteiger partial charge in [0.15, 0.2) is 0 Å². The fourth-order valence-electron chi connectivity index (χ4n) is 6.44. The van der Waals surface area contributed by atoms with Gasteiger partial charge in [0.25, 0.3) is 0 Å². The van der Waals surface area contributed by atoms with Crippen LogP contribution in [-0.2, 0) is 20.4 Å². The Bertz CT molecular complexity index is 1210. The van der Waals surface area contributed by atoms with E-state index >= 15 is 0 Å². The first-order chi connectivity index (χ1) is 18.6. The summed E-state index contributed by atoms with van der Waals surface area (Å²) in [5.74, 6) is -0.110. The molecule has 2 aliphatic rings. The molecule has 0 saturated carbocycles. The van der Waals surface area contributed by atoms with Gasteiger partial charge < -0.3 is 9.64 Å². The van der Waals surface area contributed by atoms with Crippen molar-refractivity contribution in [2.45, 2.75) is 91.0 Å². The Hall–Kier alpha value is -2.85. The average molecular weight is 530 g/mol. The van der Waals surface area contributed by atoms with Crippen LogP contribution >= 0.6 is 0 Å². The quantitative estimate of drug-likeness (QED) is 0.254. The lowest BCUT2D eigenvalue weighted by molar-refractivity contribution is -0.850. The second-order valence-electron chi connectivity index (χ2n) is 12.4. The number of hydrogen-bond donors (Lipinski definition) is 1. The number of ether oxygens (including phenoxy) is 1. The van der Waals surface area contributed by atoms with Crippen LogP contribution in [0.1, 0.15) is 85.3 Å². The van der Waals surface area contributed by atoms with Gasteiger partial charge in [0, 0.05) is 35.3 Å². The van der Waals surface area contributed by atoms with Gasteiger partial charge in [-0.05, 0) is 56.5 Å². The highest BCUT2D eigenvalue weighted by atomic mass is 16.5. The number of nitrogens with zero attached hydrogens (tertiary/aromatic N) is 1. The summed E-state index contributed by atoms with van der Waals surface area (Å²) in [6, 6.07) is 18.0. The average Bonchev–Trinajstić information content (AvgIpc) is 3.28. The largest absolute Gasteiger partial charge is 0.465 e. The number of para-hydroxylation sites is 2. The molecule has 2 aliphatic heterocycles. The molecule has 0 amide bonds. The van der Waals surface area contributed by atoms with E-state index in [0.717, 1.165) is 25.9 Å². The SMILES string of the molecule is CCCCN1C(=CC=CC2[NH+](CCCOC(=O)C(C)CC)c3ccccc3C2(C)C)C(C)(C)c2ccccc21. The standard InChI is InChI=1S/C35H48N2O2/c1-8-10-23-36-29-19-13-11-17-27(29)34(4,5)31(36)21-15-22-32-35(6,7)28-18-12-14-20-30(28)37(32)24-16-25-39-33(38)26(3)9-2/h11-15,17-22,26,32H,8-10,16,23-25H2,1-7H3/p+1. The number of quaternary nitrogens is 1. The van der Waals surface area contributed by atoms with Gasteiger partial charge in [-0.15, -0.1) is 0 Å². The lowest BCUT2D eigenvalue weighted by Gasteiger charge is -2.28. The highest BCUT2D eigenvalue weighted by Gasteiger charge is 2.47. The predicted molar refractivity (Wildman–Crippen MR) is 163 cm³/mol. The van der Waals surface area contributed by atoms with E-state index in [0.29, 0.717) is 12.6 Å². The molecule has 4 heteroatoms. The second-order valence-corrected chi connectivity index (χ2v) is 12.4. The molecule has 1 N–H and O–H groups in total. The maximum absolute atomic E-state index is 12.2. The number of rotatable bonds is 11. The molecular weight excluding hydrogens is 480 g/mol. The summed E-state index contributed by atoms with van der Waals surface area (Å²) < 4.78 is 5.59. The van der Waals surface area contributed by atoms with E-state index in [4.69, 9.17) is 4.74 Å². The Balaban J connectivity index is 1.58. The molecule has 0 bridgehead atoms. The Morgan fingerprint density at radius 3 is 2.44 bits per heavy atom. The van der Waals surface area contributed by atoms with Crippen LogP contribution in [0.25, 0.3) is 0 Å². The van der Waals surface area contributed by atoms with E-state index in [-0.39, 0.29) is 22.7 Å². The Morgan fingerprint density at radius 1 is 1.03 bits per heavy atom. The van der Waals surface area contributed by atoms with E-state index in [9.17, 15) is 4.79 Å². The summed E-state index contributed by atoms with van der Waals surface area (Å²) in [5, 5.41) is 0. The van der Waals surface area contributed by atoms with Gasteiger partial charge in [0.05, 0.1) is 24.5 Å². The lowest BCUT2D eigenvalue weighted by Crippen LogP contribution is -3.10. The van der Waals surface area contributed by atoms with Crippen LogP contribution in [0.2, 0.25) is 0 Å². The van der Waals surface area contributed by atoms with Crippen LogP contribution in [0, 0.1) is 5.92 Å². The van der Waals surface area contributed by atoms with Gasteiger partial charge in [-0.25, -0.2) is 0 Å². The summed E-state index contributed by atoms with van der Waals surface area (Å²) in [7, 11) is 0. The molecule has 210 valence electrons. The topological polar surface area (TPSA) is 34.0 Å². The molecule has 3 unspecified atom stereocenters. The molecule has 0 radical (unpaired) electrons. The van der Waals surface area contributed by atoms with Crippen LogP contribution in [0.15, 0.2) is 72.5 Å². The Morgan fingerprint density at radius 2 is 1.72 bits per heavy atom. The molecule has 0 saturated heterocycles. The summed E-state index contributed by atoms with van der Waals surface area (Å²) in [5.41, 5.74) is 6.89. The van der Waals surface area contributed by atoms with Gasteiger partial charge in [-0.1, -0.05) is 83.5 Å². The maximum Gasteiger partial charge on any atom is 0.308 e. The number of allylic oxidation sites excluding steroid dienone is 3. The van der Waals surface area contributed by atoms with Crippen molar-refractivity contribution in [3.63, 3.8) is 0 Å². The molecule has 39 heavy (non-hydrogen) atoms. The molecule has 2 heterocycles. The minimum absolute atomic E-state index is 0.00435. The van der Waals surface area contributed by atoms with Crippen molar-refractivity contribution in [1.82, 2.24) is 0 Å². The zero-order valence-electron chi connectivity index (χ0n) is 25.2. The third-order valence-electron chi connectivity index (χ3n) is 9.06. The van der Waals surface area contributed by atoms with E-state index in [2.05, 4.69) is 106 Å². The van der Waals surface area contributed by atoms with Gasteiger partial charge >= 0.3 is 5.97 Å². The highest BCUT2D eigenvalue weighted by molar-refractivity contribution is 5.72. The first-order valence-electron chi connectivity index (χ1n) is 15.0. The minimum Gasteiger partial charge on any atom is -0.465 e. The highest BCUT2D eigenvalue weighted by Crippen LogP contribution is 2.47. The van der Waals surface area contributed by atoms with Gasteiger partial charge in [-0.3, -0.25) is 9.69 Å². The summed E-state index contributed by atoms with van der Waals surface area (Å²) >= 11 is 0. The zero-order valence-corrected chi connectivity index (χ0v) is 25.2. The number of esters is 1. The molecule has 4 nitrogen and oxygen atoms in total. The normalized spacial score (nSPS) is 22.7. The number of benzene rings is 2. The summed E-state index contributed by atoms with van der Waals surface area (Å²) in [4.78, 5) is 16.2. The first kappa shape index (κ1) is 29.1. The molecule has 3 atom stereocenters. The van der Waals surface area contributed by atoms with Crippen LogP contribution in [-0.4, -0.2) is 31.7 Å². The predicted octanol–water partition coefficient (Wildman–Crippen LogP) is 6.88. The smallest absolute Gasteiger partial charge is 0.308 e. The van der Waals surface area contributed by atoms with Crippen molar-refractivity contribution in [2.24, 2.45) is 5.92 Å². The molecule has 0 fully saturated rings. The van der Waals surface area contributed by atoms with E-state index in [1.165, 1.54) is 45.9 Å². The number of nitrogens with one attached hydrogen (secondary N) is 1. The molecule has 2 aromatic carbocycles. The fraction of sp³-hybridized carbons (Fsp3) is 0.514. The van der Waals surface area contributed by atoms with E-state index in [1.54, 1.807) is 0 Å². The molecule has 0 aromatic heterocycles. The van der Waals surface area contributed by atoms with Crippen LogP contribution < -0.4 is 9.80 Å². The molecule has 2 aromatic rings.